The molecule has 1 aromatic carbocycles. The van der Waals surface area contributed by atoms with Gasteiger partial charge < -0.3 is 29.8 Å². The van der Waals surface area contributed by atoms with Crippen molar-refractivity contribution in [3.63, 3.8) is 0 Å². The zero-order chi connectivity index (χ0) is 13.7. The van der Waals surface area contributed by atoms with E-state index < -0.39 is 11.9 Å². The normalized spacial score (nSPS) is 9.67. The molecule has 0 aliphatic heterocycles. The average molecular weight is 254 g/mol. The molecule has 0 aliphatic rings. The molecule has 0 aromatic heterocycles. The third-order valence-corrected chi connectivity index (χ3v) is 2.06. The van der Waals surface area contributed by atoms with Gasteiger partial charge >= 0.3 is 0 Å². The van der Waals surface area contributed by atoms with Crippen LogP contribution in [0.4, 0.5) is 0 Å². The molecule has 0 fully saturated rings. The fourth-order valence-corrected chi connectivity index (χ4v) is 1.28. The number of carbonyl (C=O) groups is 2. The maximum Gasteiger partial charge on any atom is 0.255 e. The van der Waals surface area contributed by atoms with E-state index in [1.165, 1.54) is 26.4 Å². The summed E-state index contributed by atoms with van der Waals surface area (Å²) in [7, 11) is 2.65. The molecule has 1 amide bonds. The Balaban J connectivity index is 3.21. The fourth-order valence-electron chi connectivity index (χ4n) is 1.28. The highest BCUT2D eigenvalue weighted by atomic mass is 16.5. The topological polar surface area (TPSA) is 111 Å². The number of carboxylic acids is 1. The van der Waals surface area contributed by atoms with E-state index in [0.717, 1.165) is 0 Å². The Morgan fingerprint density at radius 3 is 2.06 bits per heavy atom. The van der Waals surface area contributed by atoms with Gasteiger partial charge in [-0.05, 0) is 12.1 Å². The predicted octanol–water partition coefficient (Wildman–Crippen LogP) is -1.07. The van der Waals surface area contributed by atoms with Gasteiger partial charge in [0.05, 0.1) is 20.2 Å². The highest BCUT2D eigenvalue weighted by Crippen LogP contribution is 2.38. The molecule has 7 nitrogen and oxygen atoms in total. The zero-order valence-corrected chi connectivity index (χ0v) is 9.89. The molecule has 0 atom stereocenters. The van der Waals surface area contributed by atoms with Crippen LogP contribution in [0, 0.1) is 0 Å². The minimum absolute atomic E-state index is 0.101. The second-order valence-electron chi connectivity index (χ2n) is 3.25. The quantitative estimate of drug-likeness (QED) is 0.692. The summed E-state index contributed by atoms with van der Waals surface area (Å²) in [5.74, 6) is -1.75. The number of primary amides is 1. The third-order valence-electron chi connectivity index (χ3n) is 2.06. The van der Waals surface area contributed by atoms with Crippen LogP contribution in [0.3, 0.4) is 0 Å². The minimum Gasteiger partial charge on any atom is -0.545 e. The Morgan fingerprint density at radius 2 is 1.72 bits per heavy atom. The monoisotopic (exact) mass is 254 g/mol. The number of hydrogen-bond donors (Lipinski definition) is 1. The lowest BCUT2D eigenvalue weighted by Gasteiger charge is -2.15. The molecule has 2 N–H and O–H groups in total. The van der Waals surface area contributed by atoms with Crippen molar-refractivity contribution in [1.82, 2.24) is 0 Å². The average Bonchev–Trinajstić information content (AvgIpc) is 2.34. The van der Waals surface area contributed by atoms with Crippen molar-refractivity contribution >= 4 is 11.9 Å². The van der Waals surface area contributed by atoms with E-state index in [-0.39, 0.29) is 29.4 Å². The Hall–Kier alpha value is -2.44. The Labute approximate surface area is 103 Å². The summed E-state index contributed by atoms with van der Waals surface area (Å²) < 4.78 is 15.0. The fraction of sp³-hybridized carbons (Fsp3) is 0.273. The van der Waals surface area contributed by atoms with Gasteiger partial charge in [0.15, 0.2) is 18.1 Å². The summed E-state index contributed by atoms with van der Waals surface area (Å²) in [4.78, 5) is 21.4. The zero-order valence-electron chi connectivity index (χ0n) is 9.89. The number of rotatable bonds is 6. The number of benzene rings is 1. The lowest BCUT2D eigenvalue weighted by molar-refractivity contribution is -0.255. The number of ether oxygens (including phenoxy) is 3. The molecule has 0 saturated carbocycles. The van der Waals surface area contributed by atoms with Crippen molar-refractivity contribution < 1.29 is 28.9 Å². The van der Waals surface area contributed by atoms with Crippen molar-refractivity contribution in [2.75, 3.05) is 20.8 Å². The van der Waals surface area contributed by atoms with Crippen LogP contribution >= 0.6 is 0 Å². The SMILES string of the molecule is COc1cc(C(=O)[O-])cc(OC)c1OCC(N)=O. The van der Waals surface area contributed by atoms with Crippen LogP contribution in [-0.4, -0.2) is 32.7 Å². The number of aromatic carboxylic acids is 1. The van der Waals surface area contributed by atoms with Crippen molar-refractivity contribution in [3.8, 4) is 17.2 Å². The van der Waals surface area contributed by atoms with Gasteiger partial charge in [-0.25, -0.2) is 0 Å². The first-order valence-corrected chi connectivity index (χ1v) is 4.88. The van der Waals surface area contributed by atoms with Gasteiger partial charge in [-0.1, -0.05) is 0 Å². The first-order chi connectivity index (χ1) is 8.49. The van der Waals surface area contributed by atoms with Gasteiger partial charge in [-0.3, -0.25) is 4.79 Å². The molecular weight excluding hydrogens is 242 g/mol. The number of carbonyl (C=O) groups excluding carboxylic acids is 2. The maximum atomic E-state index is 10.8. The predicted molar refractivity (Wildman–Crippen MR) is 58.6 cm³/mol. The second-order valence-corrected chi connectivity index (χ2v) is 3.25. The molecule has 1 aromatic rings. The molecule has 18 heavy (non-hydrogen) atoms. The van der Waals surface area contributed by atoms with Crippen molar-refractivity contribution in [2.24, 2.45) is 5.73 Å². The first kappa shape index (κ1) is 13.6. The summed E-state index contributed by atoms with van der Waals surface area (Å²) in [6, 6.07) is 2.41. The molecule has 0 saturated heterocycles. The largest absolute Gasteiger partial charge is 0.545 e. The lowest BCUT2D eigenvalue weighted by atomic mass is 10.2. The van der Waals surface area contributed by atoms with E-state index in [0.29, 0.717) is 0 Å². The second kappa shape index (κ2) is 5.76. The van der Waals surface area contributed by atoms with Crippen molar-refractivity contribution in [1.29, 1.82) is 0 Å². The van der Waals surface area contributed by atoms with Gasteiger partial charge in [0.25, 0.3) is 5.91 Å². The van der Waals surface area contributed by atoms with Gasteiger partial charge in [-0.2, -0.15) is 0 Å². The molecule has 1 rings (SSSR count). The summed E-state index contributed by atoms with van der Waals surface area (Å²) in [5.41, 5.74) is 4.82. The van der Waals surface area contributed by atoms with Crippen LogP contribution in [0.25, 0.3) is 0 Å². The summed E-state index contributed by atoms with van der Waals surface area (Å²) in [6.07, 6.45) is 0. The number of nitrogens with two attached hydrogens (primary N) is 1. The molecule has 0 aliphatic carbocycles. The molecular formula is C11H12NO6-. The van der Waals surface area contributed by atoms with Gasteiger partial charge in [0, 0.05) is 5.56 Å². The smallest absolute Gasteiger partial charge is 0.255 e. The van der Waals surface area contributed by atoms with Crippen LogP contribution in [0.1, 0.15) is 10.4 Å². The highest BCUT2D eigenvalue weighted by molar-refractivity contribution is 5.88. The molecule has 0 bridgehead atoms. The number of amides is 1. The van der Waals surface area contributed by atoms with Gasteiger partial charge in [-0.15, -0.1) is 0 Å². The van der Waals surface area contributed by atoms with Crippen LogP contribution < -0.4 is 25.1 Å². The third kappa shape index (κ3) is 3.03. The maximum absolute atomic E-state index is 10.8. The van der Waals surface area contributed by atoms with E-state index >= 15 is 0 Å². The number of carboxylic acid groups (broad SMARTS) is 1. The first-order valence-electron chi connectivity index (χ1n) is 4.88. The van der Waals surface area contributed by atoms with Crippen molar-refractivity contribution in [3.05, 3.63) is 17.7 Å². The molecule has 0 spiro atoms. The molecule has 0 heterocycles. The Bertz CT molecular complexity index is 446. The van der Waals surface area contributed by atoms with Crippen LogP contribution in [-0.2, 0) is 4.79 Å². The van der Waals surface area contributed by atoms with Crippen molar-refractivity contribution in [2.45, 2.75) is 0 Å². The van der Waals surface area contributed by atoms with E-state index in [4.69, 9.17) is 19.9 Å². The summed E-state index contributed by atoms with van der Waals surface area (Å²) in [5, 5.41) is 10.8. The standard InChI is InChI=1S/C11H13NO6/c1-16-7-3-6(11(14)15)4-8(17-2)10(7)18-5-9(12)13/h3-4H,5H2,1-2H3,(H2,12,13)(H,14,15)/p-1. The lowest BCUT2D eigenvalue weighted by Crippen LogP contribution is -2.23. The van der Waals surface area contributed by atoms with E-state index in [1.807, 2.05) is 0 Å². The molecule has 0 unspecified atom stereocenters. The Morgan fingerprint density at radius 1 is 1.22 bits per heavy atom. The highest BCUT2D eigenvalue weighted by Gasteiger charge is 2.15. The summed E-state index contributed by atoms with van der Waals surface area (Å²) >= 11 is 0. The van der Waals surface area contributed by atoms with Crippen LogP contribution in [0.15, 0.2) is 12.1 Å². The molecule has 0 radical (unpaired) electrons. The Kier molecular flexibility index (Phi) is 4.36. The van der Waals surface area contributed by atoms with Crippen LogP contribution in [0.2, 0.25) is 0 Å². The van der Waals surface area contributed by atoms with Gasteiger partial charge in [0.2, 0.25) is 5.75 Å². The number of hydrogen-bond acceptors (Lipinski definition) is 6. The number of methoxy groups -OCH3 is 2. The molecule has 98 valence electrons. The summed E-state index contributed by atoms with van der Waals surface area (Å²) in [6.45, 7) is -0.378. The molecule has 7 heteroatoms. The van der Waals surface area contributed by atoms with Gasteiger partial charge in [0.1, 0.15) is 0 Å². The van der Waals surface area contributed by atoms with E-state index in [9.17, 15) is 14.7 Å². The van der Waals surface area contributed by atoms with E-state index in [2.05, 4.69) is 0 Å². The van der Waals surface area contributed by atoms with E-state index in [1.54, 1.807) is 0 Å². The van der Waals surface area contributed by atoms with Crippen LogP contribution in [0.5, 0.6) is 17.2 Å². The minimum atomic E-state index is -1.38.